The number of amides is 1. The number of nitrogens with one attached hydrogen (secondary N) is 1. The van der Waals surface area contributed by atoms with Gasteiger partial charge < -0.3 is 19.9 Å². The van der Waals surface area contributed by atoms with Crippen molar-refractivity contribution in [3.05, 3.63) is 59.4 Å². The van der Waals surface area contributed by atoms with Crippen LogP contribution in [0.5, 0.6) is 0 Å². The molecule has 5 rings (SSSR count). The summed E-state index contributed by atoms with van der Waals surface area (Å²) in [5, 5.41) is 3.42. The Morgan fingerprint density at radius 1 is 1.06 bits per heavy atom. The zero-order valence-electron chi connectivity index (χ0n) is 20.5. The molecule has 3 aliphatic rings. The van der Waals surface area contributed by atoms with Gasteiger partial charge in [0, 0.05) is 38.4 Å². The SMILES string of the molecule is CC(C)(C)c1ccc(CC(=O)N2CC3C(CNc4ccc(N5CCOCC5)c(F)c4)C3C2)cc1. The van der Waals surface area contributed by atoms with E-state index in [0.717, 1.165) is 44.0 Å². The molecule has 2 aromatic rings. The molecule has 1 amide bonds. The lowest BCUT2D eigenvalue weighted by atomic mass is 9.86. The maximum Gasteiger partial charge on any atom is 0.227 e. The van der Waals surface area contributed by atoms with E-state index in [4.69, 9.17) is 4.74 Å². The number of carbonyl (C=O) groups is 1. The second-order valence-electron chi connectivity index (χ2n) is 11.1. The summed E-state index contributed by atoms with van der Waals surface area (Å²) in [6.45, 7) is 11.9. The minimum absolute atomic E-state index is 0.123. The third kappa shape index (κ3) is 4.92. The number of anilines is 2. The monoisotopic (exact) mass is 465 g/mol. The summed E-state index contributed by atoms with van der Waals surface area (Å²) in [5.41, 5.74) is 3.97. The summed E-state index contributed by atoms with van der Waals surface area (Å²) >= 11 is 0. The van der Waals surface area contributed by atoms with E-state index in [0.29, 0.717) is 43.1 Å². The van der Waals surface area contributed by atoms with E-state index in [1.54, 1.807) is 6.07 Å². The Kier molecular flexibility index (Phi) is 6.28. The Bertz CT molecular complexity index is 1010. The maximum atomic E-state index is 14.6. The number of morpholine rings is 1. The van der Waals surface area contributed by atoms with Crippen LogP contribution in [-0.4, -0.2) is 56.7 Å². The number of nitrogens with zero attached hydrogens (tertiary/aromatic N) is 2. The largest absolute Gasteiger partial charge is 0.385 e. The van der Waals surface area contributed by atoms with Crippen molar-refractivity contribution in [2.24, 2.45) is 17.8 Å². The molecule has 0 spiro atoms. The average molecular weight is 466 g/mol. The van der Waals surface area contributed by atoms with E-state index < -0.39 is 0 Å². The van der Waals surface area contributed by atoms with Gasteiger partial charge >= 0.3 is 0 Å². The first-order valence-corrected chi connectivity index (χ1v) is 12.5. The van der Waals surface area contributed by atoms with Crippen molar-refractivity contribution in [1.29, 1.82) is 0 Å². The van der Waals surface area contributed by atoms with E-state index in [9.17, 15) is 9.18 Å². The first kappa shape index (κ1) is 23.2. The fraction of sp³-hybridized carbons (Fsp3) is 0.536. The summed E-state index contributed by atoms with van der Waals surface area (Å²) in [7, 11) is 0. The normalized spacial score (nSPS) is 24.2. The molecule has 6 heteroatoms. The van der Waals surface area contributed by atoms with Crippen LogP contribution in [0.25, 0.3) is 0 Å². The Hall–Kier alpha value is -2.60. The molecule has 0 aromatic heterocycles. The smallest absolute Gasteiger partial charge is 0.227 e. The highest BCUT2D eigenvalue weighted by Gasteiger charge is 2.56. The highest BCUT2D eigenvalue weighted by molar-refractivity contribution is 5.79. The molecule has 1 saturated carbocycles. The number of hydrogen-bond acceptors (Lipinski definition) is 4. The number of benzene rings is 2. The number of ether oxygens (including phenoxy) is 1. The van der Waals surface area contributed by atoms with E-state index in [-0.39, 0.29) is 17.1 Å². The summed E-state index contributed by atoms with van der Waals surface area (Å²) in [6.07, 6.45) is 0.474. The molecule has 2 atom stereocenters. The number of piperidine rings is 1. The van der Waals surface area contributed by atoms with E-state index in [1.807, 2.05) is 21.9 Å². The van der Waals surface area contributed by atoms with Crippen molar-refractivity contribution < 1.29 is 13.9 Å². The lowest BCUT2D eigenvalue weighted by molar-refractivity contribution is -0.130. The summed E-state index contributed by atoms with van der Waals surface area (Å²) in [5.74, 6) is 1.74. The van der Waals surface area contributed by atoms with Crippen molar-refractivity contribution in [3.63, 3.8) is 0 Å². The molecular weight excluding hydrogens is 429 g/mol. The van der Waals surface area contributed by atoms with Gasteiger partial charge in [-0.1, -0.05) is 45.0 Å². The van der Waals surface area contributed by atoms with Gasteiger partial charge in [-0.15, -0.1) is 0 Å². The van der Waals surface area contributed by atoms with Gasteiger partial charge in [-0.2, -0.15) is 0 Å². The second kappa shape index (κ2) is 9.21. The van der Waals surface area contributed by atoms with Crippen molar-refractivity contribution in [2.45, 2.75) is 32.6 Å². The zero-order chi connectivity index (χ0) is 23.9. The van der Waals surface area contributed by atoms with E-state index in [2.05, 4.69) is 50.4 Å². The van der Waals surface area contributed by atoms with Gasteiger partial charge in [0.25, 0.3) is 0 Å². The van der Waals surface area contributed by atoms with Gasteiger partial charge in [-0.3, -0.25) is 4.79 Å². The molecule has 34 heavy (non-hydrogen) atoms. The van der Waals surface area contributed by atoms with Crippen LogP contribution in [0.4, 0.5) is 15.8 Å². The molecule has 1 N–H and O–H groups in total. The molecule has 2 saturated heterocycles. The van der Waals surface area contributed by atoms with Crippen LogP contribution in [0, 0.1) is 23.6 Å². The number of hydrogen-bond donors (Lipinski definition) is 1. The van der Waals surface area contributed by atoms with Gasteiger partial charge in [-0.25, -0.2) is 4.39 Å². The van der Waals surface area contributed by atoms with Crippen molar-refractivity contribution in [2.75, 3.05) is 56.2 Å². The van der Waals surface area contributed by atoms with Crippen LogP contribution in [0.2, 0.25) is 0 Å². The minimum atomic E-state index is -0.185. The Morgan fingerprint density at radius 2 is 1.74 bits per heavy atom. The number of rotatable bonds is 6. The fourth-order valence-electron chi connectivity index (χ4n) is 5.48. The van der Waals surface area contributed by atoms with Gasteiger partial charge in [0.2, 0.25) is 5.91 Å². The van der Waals surface area contributed by atoms with Gasteiger partial charge in [0.05, 0.1) is 25.3 Å². The molecule has 2 unspecified atom stereocenters. The highest BCUT2D eigenvalue weighted by Crippen LogP contribution is 2.51. The quantitative estimate of drug-likeness (QED) is 0.690. The number of likely N-dealkylation sites (tertiary alicyclic amines) is 1. The fourth-order valence-corrected chi connectivity index (χ4v) is 5.48. The maximum absolute atomic E-state index is 14.6. The molecule has 182 valence electrons. The topological polar surface area (TPSA) is 44.8 Å². The molecule has 0 radical (unpaired) electrons. The molecule has 1 aliphatic carbocycles. The van der Waals surface area contributed by atoms with Crippen molar-refractivity contribution in [3.8, 4) is 0 Å². The van der Waals surface area contributed by atoms with Crippen LogP contribution in [0.3, 0.4) is 0 Å². The molecule has 0 bridgehead atoms. The number of carbonyl (C=O) groups excluding carboxylic acids is 1. The molecular formula is C28H36FN3O2. The lowest BCUT2D eigenvalue weighted by Gasteiger charge is -2.29. The van der Waals surface area contributed by atoms with E-state index >= 15 is 0 Å². The van der Waals surface area contributed by atoms with Crippen LogP contribution < -0.4 is 10.2 Å². The first-order chi connectivity index (χ1) is 16.3. The van der Waals surface area contributed by atoms with Crippen LogP contribution in [0.15, 0.2) is 42.5 Å². The third-order valence-electron chi connectivity index (χ3n) is 7.74. The molecule has 2 heterocycles. The van der Waals surface area contributed by atoms with Crippen LogP contribution >= 0.6 is 0 Å². The first-order valence-electron chi connectivity index (χ1n) is 12.5. The zero-order valence-corrected chi connectivity index (χ0v) is 20.5. The second-order valence-corrected chi connectivity index (χ2v) is 11.1. The predicted molar refractivity (Wildman–Crippen MR) is 134 cm³/mol. The van der Waals surface area contributed by atoms with Crippen molar-refractivity contribution in [1.82, 2.24) is 4.90 Å². The molecule has 2 aliphatic heterocycles. The number of halogens is 1. The van der Waals surface area contributed by atoms with Gasteiger partial charge in [0.1, 0.15) is 5.82 Å². The van der Waals surface area contributed by atoms with Gasteiger partial charge in [0.15, 0.2) is 0 Å². The Balaban J connectivity index is 1.08. The van der Waals surface area contributed by atoms with E-state index in [1.165, 1.54) is 5.56 Å². The standard InChI is InChI=1S/C28H36FN3O2/c1-28(2,3)20-6-4-19(5-7-20)14-27(33)32-17-23-22(24(23)18-32)16-30-21-8-9-26(25(29)15-21)31-10-12-34-13-11-31/h4-9,15,22-24,30H,10-14,16-18H2,1-3H3. The highest BCUT2D eigenvalue weighted by atomic mass is 19.1. The molecule has 2 aromatic carbocycles. The molecule has 5 nitrogen and oxygen atoms in total. The predicted octanol–water partition coefficient (Wildman–Crippen LogP) is 4.32. The Labute approximate surface area is 202 Å². The van der Waals surface area contributed by atoms with Crippen LogP contribution in [0.1, 0.15) is 31.9 Å². The van der Waals surface area contributed by atoms with Gasteiger partial charge in [-0.05, 0) is 52.5 Å². The van der Waals surface area contributed by atoms with Crippen LogP contribution in [-0.2, 0) is 21.4 Å². The summed E-state index contributed by atoms with van der Waals surface area (Å²) < 4.78 is 20.0. The molecule has 3 fully saturated rings. The Morgan fingerprint density at radius 3 is 2.35 bits per heavy atom. The minimum Gasteiger partial charge on any atom is -0.385 e. The number of fused-ring (bicyclic) bond motifs is 1. The van der Waals surface area contributed by atoms with Crippen molar-refractivity contribution >= 4 is 17.3 Å². The third-order valence-corrected chi connectivity index (χ3v) is 7.74. The lowest BCUT2D eigenvalue weighted by Crippen LogP contribution is -2.36. The summed E-state index contributed by atoms with van der Waals surface area (Å²) in [6, 6.07) is 13.9. The summed E-state index contributed by atoms with van der Waals surface area (Å²) in [4.78, 5) is 16.9. The average Bonchev–Trinajstić information content (AvgIpc) is 3.26.